The molecule has 1 heterocycles. The first kappa shape index (κ1) is 11.0. The zero-order valence-electron chi connectivity index (χ0n) is 8.83. The van der Waals surface area contributed by atoms with Gasteiger partial charge in [0, 0.05) is 15.4 Å². The Morgan fingerprint density at radius 3 is 2.75 bits per heavy atom. The Morgan fingerprint density at radius 1 is 1.38 bits per heavy atom. The lowest BCUT2D eigenvalue weighted by molar-refractivity contribution is 0.0591. The minimum Gasteiger partial charge on any atom is -0.494 e. The monoisotopic (exact) mass is 283 g/mol. The van der Waals surface area contributed by atoms with Crippen LogP contribution in [0.2, 0.25) is 0 Å². The van der Waals surface area contributed by atoms with Crippen LogP contribution in [0.5, 0.6) is 5.75 Å². The molecule has 4 nitrogen and oxygen atoms in total. The second-order valence-corrected chi connectivity index (χ2v) is 4.13. The van der Waals surface area contributed by atoms with E-state index in [1.54, 1.807) is 0 Å². The molecule has 2 aromatic rings. The van der Waals surface area contributed by atoms with E-state index in [2.05, 4.69) is 25.7 Å². The van der Waals surface area contributed by atoms with E-state index in [-0.39, 0.29) is 0 Å². The second kappa shape index (κ2) is 4.17. The van der Waals surface area contributed by atoms with Crippen LogP contribution in [0.15, 0.2) is 22.7 Å². The van der Waals surface area contributed by atoms with Crippen molar-refractivity contribution in [2.75, 3.05) is 14.2 Å². The Balaban J connectivity index is 2.71. The van der Waals surface area contributed by atoms with Gasteiger partial charge in [0.1, 0.15) is 0 Å². The normalized spacial score (nSPS) is 10.4. The SMILES string of the molecule is COC(=O)c1[nH]c2ccc(Br)cc2c1OC. The summed E-state index contributed by atoms with van der Waals surface area (Å²) < 4.78 is 10.8. The van der Waals surface area contributed by atoms with E-state index >= 15 is 0 Å². The van der Waals surface area contributed by atoms with Gasteiger partial charge in [-0.25, -0.2) is 4.79 Å². The van der Waals surface area contributed by atoms with Gasteiger partial charge in [0.15, 0.2) is 11.4 Å². The summed E-state index contributed by atoms with van der Waals surface area (Å²) >= 11 is 3.37. The van der Waals surface area contributed by atoms with Crippen molar-refractivity contribution in [2.45, 2.75) is 0 Å². The van der Waals surface area contributed by atoms with Gasteiger partial charge in [0.25, 0.3) is 0 Å². The van der Waals surface area contributed by atoms with Crippen molar-refractivity contribution in [3.05, 3.63) is 28.4 Å². The molecule has 1 aromatic heterocycles. The number of hydrogen-bond acceptors (Lipinski definition) is 3. The summed E-state index contributed by atoms with van der Waals surface area (Å²) in [6.07, 6.45) is 0. The summed E-state index contributed by atoms with van der Waals surface area (Å²) in [6.45, 7) is 0. The number of aromatic amines is 1. The summed E-state index contributed by atoms with van der Waals surface area (Å²) in [4.78, 5) is 14.5. The predicted octanol–water partition coefficient (Wildman–Crippen LogP) is 2.73. The Kier molecular flexibility index (Phi) is 2.87. The molecule has 16 heavy (non-hydrogen) atoms. The van der Waals surface area contributed by atoms with Crippen molar-refractivity contribution < 1.29 is 14.3 Å². The average Bonchev–Trinajstić information content (AvgIpc) is 2.65. The van der Waals surface area contributed by atoms with Gasteiger partial charge in [0.05, 0.1) is 14.2 Å². The zero-order valence-corrected chi connectivity index (χ0v) is 10.4. The van der Waals surface area contributed by atoms with Gasteiger partial charge in [-0.1, -0.05) is 15.9 Å². The topological polar surface area (TPSA) is 51.3 Å². The summed E-state index contributed by atoms with van der Waals surface area (Å²) in [5.41, 5.74) is 1.17. The zero-order chi connectivity index (χ0) is 11.7. The Hall–Kier alpha value is -1.49. The first-order valence-corrected chi connectivity index (χ1v) is 5.40. The molecule has 0 aliphatic rings. The number of rotatable bonds is 2. The maximum Gasteiger partial charge on any atom is 0.358 e. The highest BCUT2D eigenvalue weighted by atomic mass is 79.9. The molecule has 5 heteroatoms. The molecule has 0 bridgehead atoms. The minimum absolute atomic E-state index is 0.332. The Morgan fingerprint density at radius 2 is 2.12 bits per heavy atom. The Labute approximate surface area is 101 Å². The van der Waals surface area contributed by atoms with Crippen LogP contribution in [0.4, 0.5) is 0 Å². The number of methoxy groups -OCH3 is 2. The molecule has 0 spiro atoms. The fourth-order valence-corrected chi connectivity index (χ4v) is 1.96. The van der Waals surface area contributed by atoms with E-state index in [9.17, 15) is 4.79 Å². The smallest absolute Gasteiger partial charge is 0.358 e. The van der Waals surface area contributed by atoms with Crippen LogP contribution in [0.3, 0.4) is 0 Å². The fourth-order valence-electron chi connectivity index (χ4n) is 1.60. The molecular formula is C11H10BrNO3. The highest BCUT2D eigenvalue weighted by Crippen LogP contribution is 2.32. The number of esters is 1. The van der Waals surface area contributed by atoms with Crippen LogP contribution >= 0.6 is 15.9 Å². The lowest BCUT2D eigenvalue weighted by atomic mass is 10.2. The van der Waals surface area contributed by atoms with Crippen molar-refractivity contribution >= 4 is 32.8 Å². The van der Waals surface area contributed by atoms with Gasteiger partial charge in [-0.3, -0.25) is 0 Å². The molecule has 0 fully saturated rings. The molecule has 84 valence electrons. The molecule has 0 atom stereocenters. The number of benzene rings is 1. The molecule has 2 rings (SSSR count). The fraction of sp³-hybridized carbons (Fsp3) is 0.182. The molecule has 0 unspecified atom stereocenters. The van der Waals surface area contributed by atoms with Gasteiger partial charge >= 0.3 is 5.97 Å². The van der Waals surface area contributed by atoms with E-state index in [0.717, 1.165) is 15.4 Å². The number of hydrogen-bond donors (Lipinski definition) is 1. The first-order valence-electron chi connectivity index (χ1n) is 4.61. The number of H-pyrrole nitrogens is 1. The number of carbonyl (C=O) groups is 1. The van der Waals surface area contributed by atoms with Gasteiger partial charge in [-0.05, 0) is 18.2 Å². The summed E-state index contributed by atoms with van der Waals surface area (Å²) in [5, 5.41) is 0.845. The molecule has 1 N–H and O–H groups in total. The molecule has 0 amide bonds. The maximum absolute atomic E-state index is 11.5. The lowest BCUT2D eigenvalue weighted by Gasteiger charge is -2.00. The highest BCUT2D eigenvalue weighted by molar-refractivity contribution is 9.10. The maximum atomic E-state index is 11.5. The summed E-state index contributed by atoms with van der Waals surface area (Å²) in [7, 11) is 2.86. The lowest BCUT2D eigenvalue weighted by Crippen LogP contribution is -2.03. The third-order valence-corrected chi connectivity index (χ3v) is 2.80. The summed E-state index contributed by atoms with van der Waals surface area (Å²) in [6, 6.07) is 5.64. The molecular weight excluding hydrogens is 274 g/mol. The van der Waals surface area contributed by atoms with Crippen LogP contribution in [-0.4, -0.2) is 25.2 Å². The van der Waals surface area contributed by atoms with E-state index in [1.165, 1.54) is 14.2 Å². The number of fused-ring (bicyclic) bond motifs is 1. The third kappa shape index (κ3) is 1.67. The number of carbonyl (C=O) groups excluding carboxylic acids is 1. The Bertz CT molecular complexity index is 547. The van der Waals surface area contributed by atoms with Crippen molar-refractivity contribution in [1.82, 2.24) is 4.98 Å². The van der Waals surface area contributed by atoms with Gasteiger partial charge in [-0.2, -0.15) is 0 Å². The number of nitrogens with one attached hydrogen (secondary N) is 1. The van der Waals surface area contributed by atoms with Gasteiger partial charge < -0.3 is 14.5 Å². The molecule has 0 radical (unpaired) electrons. The highest BCUT2D eigenvalue weighted by Gasteiger charge is 2.18. The van der Waals surface area contributed by atoms with Crippen LogP contribution in [-0.2, 0) is 4.74 Å². The standard InChI is InChI=1S/C11H10BrNO3/c1-15-10-7-5-6(12)3-4-8(7)13-9(10)11(14)16-2/h3-5,13H,1-2H3. The molecule has 0 aliphatic heterocycles. The van der Waals surface area contributed by atoms with Crippen molar-refractivity contribution in [3.8, 4) is 5.75 Å². The van der Waals surface area contributed by atoms with Crippen LogP contribution < -0.4 is 4.74 Å². The van der Waals surface area contributed by atoms with E-state index in [1.807, 2.05) is 18.2 Å². The molecule has 0 saturated carbocycles. The van der Waals surface area contributed by atoms with Crippen molar-refractivity contribution in [1.29, 1.82) is 0 Å². The van der Waals surface area contributed by atoms with Crippen LogP contribution in [0.25, 0.3) is 10.9 Å². The number of aromatic nitrogens is 1. The van der Waals surface area contributed by atoms with Gasteiger partial charge in [0.2, 0.25) is 0 Å². The van der Waals surface area contributed by atoms with Gasteiger partial charge in [-0.15, -0.1) is 0 Å². The van der Waals surface area contributed by atoms with E-state index in [4.69, 9.17) is 4.74 Å². The number of halogens is 1. The molecule has 1 aromatic carbocycles. The van der Waals surface area contributed by atoms with E-state index in [0.29, 0.717) is 11.4 Å². The predicted molar refractivity (Wildman–Crippen MR) is 63.9 cm³/mol. The number of ether oxygens (including phenoxy) is 2. The molecule has 0 saturated heterocycles. The molecule has 0 aliphatic carbocycles. The minimum atomic E-state index is -0.441. The van der Waals surface area contributed by atoms with Crippen molar-refractivity contribution in [2.24, 2.45) is 0 Å². The second-order valence-electron chi connectivity index (χ2n) is 3.21. The van der Waals surface area contributed by atoms with Crippen LogP contribution in [0, 0.1) is 0 Å². The quantitative estimate of drug-likeness (QED) is 0.863. The van der Waals surface area contributed by atoms with Crippen molar-refractivity contribution in [3.63, 3.8) is 0 Å². The largest absolute Gasteiger partial charge is 0.494 e. The van der Waals surface area contributed by atoms with E-state index < -0.39 is 5.97 Å². The average molecular weight is 284 g/mol. The van der Waals surface area contributed by atoms with Crippen LogP contribution in [0.1, 0.15) is 10.5 Å². The third-order valence-electron chi connectivity index (χ3n) is 2.31. The summed E-state index contributed by atoms with van der Waals surface area (Å²) in [5.74, 6) is 0.0623. The first-order chi connectivity index (χ1) is 7.67.